The second kappa shape index (κ2) is 4.39. The first-order chi connectivity index (χ1) is 6.15. The van der Waals surface area contributed by atoms with E-state index in [1.165, 1.54) is 6.20 Å². The van der Waals surface area contributed by atoms with E-state index in [1.807, 2.05) is 6.92 Å². The number of rotatable bonds is 3. The van der Waals surface area contributed by atoms with Crippen molar-refractivity contribution in [3.05, 3.63) is 23.5 Å². The van der Waals surface area contributed by atoms with Gasteiger partial charge in [-0.05, 0) is 18.9 Å². The van der Waals surface area contributed by atoms with Crippen LogP contribution >= 0.6 is 0 Å². The summed E-state index contributed by atoms with van der Waals surface area (Å²) >= 11 is 0. The highest BCUT2D eigenvalue weighted by Crippen LogP contribution is 2.04. The summed E-state index contributed by atoms with van der Waals surface area (Å²) in [6, 6.07) is 1.77. The van der Waals surface area contributed by atoms with Gasteiger partial charge in [0.15, 0.2) is 0 Å². The SMILES string of the molecule is CCCc1ncc(B(O)O)cc1C. The minimum absolute atomic E-state index is 0.456. The zero-order valence-corrected chi connectivity index (χ0v) is 7.99. The third kappa shape index (κ3) is 2.54. The van der Waals surface area contributed by atoms with Crippen LogP contribution in [0.2, 0.25) is 0 Å². The molecule has 0 spiro atoms. The van der Waals surface area contributed by atoms with E-state index in [0.717, 1.165) is 24.1 Å². The Morgan fingerprint density at radius 2 is 2.15 bits per heavy atom. The van der Waals surface area contributed by atoms with Crippen LogP contribution in [0.5, 0.6) is 0 Å². The minimum Gasteiger partial charge on any atom is -0.423 e. The van der Waals surface area contributed by atoms with Crippen LogP contribution < -0.4 is 5.46 Å². The normalized spacial score (nSPS) is 10.2. The summed E-state index contributed by atoms with van der Waals surface area (Å²) in [5, 5.41) is 17.8. The van der Waals surface area contributed by atoms with Gasteiger partial charge in [-0.2, -0.15) is 0 Å². The first-order valence-electron chi connectivity index (χ1n) is 4.46. The molecule has 0 bridgehead atoms. The van der Waals surface area contributed by atoms with Crippen molar-refractivity contribution in [1.29, 1.82) is 0 Å². The van der Waals surface area contributed by atoms with Gasteiger partial charge in [-0.3, -0.25) is 4.98 Å². The lowest BCUT2D eigenvalue weighted by molar-refractivity contribution is 0.425. The van der Waals surface area contributed by atoms with Crippen LogP contribution in [0, 0.1) is 6.92 Å². The third-order valence-corrected chi connectivity index (χ3v) is 1.99. The molecule has 0 amide bonds. The van der Waals surface area contributed by atoms with Crippen LogP contribution in [0.1, 0.15) is 24.6 Å². The molecule has 0 fully saturated rings. The molecule has 0 aliphatic carbocycles. The lowest BCUT2D eigenvalue weighted by Crippen LogP contribution is -2.30. The predicted molar refractivity (Wildman–Crippen MR) is 52.8 cm³/mol. The molecule has 4 heteroatoms. The van der Waals surface area contributed by atoms with Crippen LogP contribution in [-0.2, 0) is 6.42 Å². The summed E-state index contributed by atoms with van der Waals surface area (Å²) in [6.45, 7) is 4.03. The Bertz CT molecular complexity index is 289. The highest BCUT2D eigenvalue weighted by molar-refractivity contribution is 6.58. The fourth-order valence-corrected chi connectivity index (χ4v) is 1.26. The standard InChI is InChI=1S/C9H14BNO2/c1-3-4-9-7(2)5-8(6-11-9)10(12)13/h5-6,12-13H,3-4H2,1-2H3. The molecule has 0 aliphatic heterocycles. The van der Waals surface area contributed by atoms with Crippen molar-refractivity contribution in [2.24, 2.45) is 0 Å². The van der Waals surface area contributed by atoms with E-state index < -0.39 is 7.12 Å². The van der Waals surface area contributed by atoms with Crippen LogP contribution in [0.15, 0.2) is 12.3 Å². The summed E-state index contributed by atoms with van der Waals surface area (Å²) in [7, 11) is -1.41. The summed E-state index contributed by atoms with van der Waals surface area (Å²) in [6.07, 6.45) is 3.51. The molecule has 0 saturated heterocycles. The summed E-state index contributed by atoms with van der Waals surface area (Å²) in [4.78, 5) is 4.17. The van der Waals surface area contributed by atoms with Crippen molar-refractivity contribution >= 4 is 12.6 Å². The molecule has 70 valence electrons. The van der Waals surface area contributed by atoms with Gasteiger partial charge in [-0.1, -0.05) is 19.4 Å². The highest BCUT2D eigenvalue weighted by Gasteiger charge is 2.12. The van der Waals surface area contributed by atoms with Gasteiger partial charge in [0.2, 0.25) is 0 Å². The molecule has 0 unspecified atom stereocenters. The third-order valence-electron chi connectivity index (χ3n) is 1.99. The predicted octanol–water partition coefficient (Wildman–Crippen LogP) is 0.0223. The molecule has 1 heterocycles. The maximum atomic E-state index is 8.88. The van der Waals surface area contributed by atoms with E-state index in [2.05, 4.69) is 11.9 Å². The van der Waals surface area contributed by atoms with E-state index in [1.54, 1.807) is 6.07 Å². The number of hydrogen-bond donors (Lipinski definition) is 2. The van der Waals surface area contributed by atoms with Crippen molar-refractivity contribution in [3.63, 3.8) is 0 Å². The Morgan fingerprint density at radius 3 is 2.62 bits per heavy atom. The average molecular weight is 179 g/mol. The van der Waals surface area contributed by atoms with Crippen molar-refractivity contribution in [2.45, 2.75) is 26.7 Å². The molecule has 2 N–H and O–H groups in total. The Morgan fingerprint density at radius 1 is 1.46 bits per heavy atom. The zero-order chi connectivity index (χ0) is 9.84. The van der Waals surface area contributed by atoms with Crippen molar-refractivity contribution in [2.75, 3.05) is 0 Å². The molecule has 0 aliphatic rings. The molecule has 0 radical (unpaired) electrons. The molecule has 0 atom stereocenters. The van der Waals surface area contributed by atoms with Crippen molar-refractivity contribution in [3.8, 4) is 0 Å². The topological polar surface area (TPSA) is 53.4 Å². The van der Waals surface area contributed by atoms with E-state index in [9.17, 15) is 0 Å². The van der Waals surface area contributed by atoms with Gasteiger partial charge in [0.1, 0.15) is 0 Å². The summed E-state index contributed by atoms with van der Waals surface area (Å²) in [5.41, 5.74) is 2.51. The van der Waals surface area contributed by atoms with Gasteiger partial charge in [-0.15, -0.1) is 0 Å². The first kappa shape index (κ1) is 10.2. The van der Waals surface area contributed by atoms with Crippen LogP contribution in [0.4, 0.5) is 0 Å². The number of nitrogens with zero attached hydrogens (tertiary/aromatic N) is 1. The van der Waals surface area contributed by atoms with Crippen LogP contribution in [0.3, 0.4) is 0 Å². The second-order valence-electron chi connectivity index (χ2n) is 3.16. The Hall–Kier alpha value is -0.865. The fourth-order valence-electron chi connectivity index (χ4n) is 1.26. The number of hydrogen-bond acceptors (Lipinski definition) is 3. The monoisotopic (exact) mass is 179 g/mol. The molecular formula is C9H14BNO2. The number of pyridine rings is 1. The van der Waals surface area contributed by atoms with Gasteiger partial charge >= 0.3 is 7.12 Å². The molecule has 1 aromatic rings. The molecule has 1 rings (SSSR count). The maximum Gasteiger partial charge on any atom is 0.490 e. The molecular weight excluding hydrogens is 165 g/mol. The Balaban J connectivity index is 2.92. The quantitative estimate of drug-likeness (QED) is 0.643. The lowest BCUT2D eigenvalue weighted by Gasteiger charge is -2.05. The highest BCUT2D eigenvalue weighted by atomic mass is 16.4. The van der Waals surface area contributed by atoms with E-state index in [-0.39, 0.29) is 0 Å². The van der Waals surface area contributed by atoms with Crippen molar-refractivity contribution in [1.82, 2.24) is 4.98 Å². The largest absolute Gasteiger partial charge is 0.490 e. The van der Waals surface area contributed by atoms with Gasteiger partial charge in [0, 0.05) is 17.4 Å². The van der Waals surface area contributed by atoms with Crippen molar-refractivity contribution < 1.29 is 10.0 Å². The Kier molecular flexibility index (Phi) is 3.45. The molecule has 0 aromatic carbocycles. The number of aryl methyl sites for hydroxylation is 2. The zero-order valence-electron chi connectivity index (χ0n) is 7.99. The lowest BCUT2D eigenvalue weighted by atomic mass is 9.81. The fraction of sp³-hybridized carbons (Fsp3) is 0.444. The molecule has 13 heavy (non-hydrogen) atoms. The van der Waals surface area contributed by atoms with E-state index in [4.69, 9.17) is 10.0 Å². The number of aromatic nitrogens is 1. The smallest absolute Gasteiger partial charge is 0.423 e. The van der Waals surface area contributed by atoms with Gasteiger partial charge < -0.3 is 10.0 Å². The minimum atomic E-state index is -1.41. The van der Waals surface area contributed by atoms with E-state index >= 15 is 0 Å². The molecule has 3 nitrogen and oxygen atoms in total. The molecule has 0 saturated carbocycles. The van der Waals surface area contributed by atoms with Crippen LogP contribution in [-0.4, -0.2) is 22.2 Å². The summed E-state index contributed by atoms with van der Waals surface area (Å²) < 4.78 is 0. The molecule has 1 aromatic heterocycles. The average Bonchev–Trinajstić information content (AvgIpc) is 2.08. The Labute approximate surface area is 78.6 Å². The van der Waals surface area contributed by atoms with Gasteiger partial charge in [-0.25, -0.2) is 0 Å². The maximum absolute atomic E-state index is 8.88. The van der Waals surface area contributed by atoms with Gasteiger partial charge in [0.05, 0.1) is 0 Å². The van der Waals surface area contributed by atoms with Gasteiger partial charge in [0.25, 0.3) is 0 Å². The first-order valence-corrected chi connectivity index (χ1v) is 4.46. The second-order valence-corrected chi connectivity index (χ2v) is 3.16. The van der Waals surface area contributed by atoms with Crippen LogP contribution in [0.25, 0.3) is 0 Å². The van der Waals surface area contributed by atoms with E-state index in [0.29, 0.717) is 5.46 Å². The summed E-state index contributed by atoms with van der Waals surface area (Å²) in [5.74, 6) is 0.